The number of nitrogens with one attached hydrogen (secondary N) is 1. The van der Waals surface area contributed by atoms with Crippen LogP contribution in [0.1, 0.15) is 52.2 Å². The van der Waals surface area contributed by atoms with Crippen LogP contribution in [-0.2, 0) is 11.1 Å². The first-order valence-electron chi connectivity index (χ1n) is 15.3. The number of rotatable bonds is 9. The summed E-state index contributed by atoms with van der Waals surface area (Å²) in [6, 6.07) is 46.7. The molecule has 0 aliphatic rings. The van der Waals surface area contributed by atoms with E-state index in [1.807, 2.05) is 87.0 Å². The van der Waals surface area contributed by atoms with Crippen LogP contribution in [-0.4, -0.2) is 27.6 Å². The van der Waals surface area contributed by atoms with Gasteiger partial charge in [-0.05, 0) is 57.5 Å². The lowest BCUT2D eigenvalue weighted by molar-refractivity contribution is 0.0278. The summed E-state index contributed by atoms with van der Waals surface area (Å²) >= 11 is 0. The van der Waals surface area contributed by atoms with Gasteiger partial charge in [-0.1, -0.05) is 135 Å². The molecule has 5 nitrogen and oxygen atoms in total. The zero-order valence-electron chi connectivity index (χ0n) is 25.8. The van der Waals surface area contributed by atoms with Gasteiger partial charge in [0.25, 0.3) is 5.91 Å². The van der Waals surface area contributed by atoms with Gasteiger partial charge in [0.15, 0.2) is 0 Å². The summed E-state index contributed by atoms with van der Waals surface area (Å²) in [6.45, 7) is 4.02. The van der Waals surface area contributed by atoms with Crippen LogP contribution in [0.2, 0.25) is 0 Å². The minimum Gasteiger partial charge on any atom is -0.378 e. The molecule has 45 heavy (non-hydrogen) atoms. The van der Waals surface area contributed by atoms with Crippen LogP contribution in [0.15, 0.2) is 152 Å². The van der Waals surface area contributed by atoms with E-state index in [0.29, 0.717) is 11.3 Å². The van der Waals surface area contributed by atoms with E-state index < -0.39 is 11.1 Å². The number of carbonyl (C=O) groups excluding carboxylic acids is 1. The second kappa shape index (κ2) is 12.4. The molecule has 0 saturated carbocycles. The van der Waals surface area contributed by atoms with E-state index in [1.54, 1.807) is 13.1 Å². The highest BCUT2D eigenvalue weighted by Crippen LogP contribution is 2.43. The topological polar surface area (TPSA) is 67.2 Å². The van der Waals surface area contributed by atoms with E-state index in [4.69, 9.17) is 4.98 Å². The number of amides is 1. The molecule has 5 heteroatoms. The zero-order chi connectivity index (χ0) is 31.4. The molecule has 1 heterocycles. The first-order valence-corrected chi connectivity index (χ1v) is 15.3. The number of hydrogen-bond acceptors (Lipinski definition) is 3. The summed E-state index contributed by atoms with van der Waals surface area (Å²) < 4.78 is 2.13. The fraction of sp³-hybridized carbons (Fsp3) is 0.150. The van der Waals surface area contributed by atoms with E-state index in [-0.39, 0.29) is 11.8 Å². The van der Waals surface area contributed by atoms with Gasteiger partial charge in [0, 0.05) is 18.8 Å². The summed E-state index contributed by atoms with van der Waals surface area (Å²) in [6.07, 6.45) is 3.83. The molecule has 1 amide bonds. The molecule has 0 bridgehead atoms. The molecule has 0 spiro atoms. The Bertz CT molecular complexity index is 1800. The average Bonchev–Trinajstić information content (AvgIpc) is 3.60. The highest BCUT2D eigenvalue weighted by Gasteiger charge is 2.42. The lowest BCUT2D eigenvalue weighted by Gasteiger charge is -2.37. The highest BCUT2D eigenvalue weighted by atomic mass is 16.3. The van der Waals surface area contributed by atoms with Crippen LogP contribution in [0, 0.1) is 5.92 Å². The molecular formula is C40H37N3O2. The monoisotopic (exact) mass is 591 g/mol. The minimum atomic E-state index is -1.39. The van der Waals surface area contributed by atoms with Gasteiger partial charge in [-0.15, -0.1) is 0 Å². The molecule has 6 rings (SSSR count). The van der Waals surface area contributed by atoms with Crippen molar-refractivity contribution in [1.82, 2.24) is 14.9 Å². The number of aromatic nitrogens is 2. The van der Waals surface area contributed by atoms with Gasteiger partial charge in [0.05, 0.1) is 12.0 Å². The van der Waals surface area contributed by atoms with Gasteiger partial charge in [-0.2, -0.15) is 0 Å². The van der Waals surface area contributed by atoms with E-state index in [9.17, 15) is 9.90 Å². The number of nitrogens with zero attached hydrogens (tertiary/aromatic N) is 2. The SMILES string of the molecule is CNC(=O)c1cccc(-c2cccc(C(O)(c3cn(C(c4ccccc4)(c4ccccc4)c4ccccc4)cn3)C(C)C)c2)c1. The third-order valence-corrected chi connectivity index (χ3v) is 8.76. The average molecular weight is 592 g/mol. The maximum Gasteiger partial charge on any atom is 0.251 e. The summed E-state index contributed by atoms with van der Waals surface area (Å²) in [5.41, 5.74) is 4.78. The molecule has 5 aromatic carbocycles. The fourth-order valence-corrected chi connectivity index (χ4v) is 6.39. The Labute approximate surface area is 264 Å². The molecule has 0 fully saturated rings. The standard InChI is InChI=1S/C40H37N3O2/c1-29(2)40(45,36-24-14-16-31(26-36)30-15-13-17-32(25-30)38(44)41-3)37-27-43(28-42-37)39(33-18-7-4-8-19-33,34-20-9-5-10-21-34)35-22-11-6-12-23-35/h4-29,45H,1-3H3,(H,41,44). The molecule has 6 aromatic rings. The predicted octanol–water partition coefficient (Wildman–Crippen LogP) is 7.64. The van der Waals surface area contributed by atoms with Crippen molar-refractivity contribution in [3.63, 3.8) is 0 Å². The maximum absolute atomic E-state index is 12.6. The summed E-state index contributed by atoms with van der Waals surface area (Å²) in [5, 5.41) is 15.3. The third kappa shape index (κ3) is 5.26. The van der Waals surface area contributed by atoms with Crippen LogP contribution in [0.4, 0.5) is 0 Å². The molecule has 0 saturated heterocycles. The van der Waals surface area contributed by atoms with Gasteiger partial charge in [-0.3, -0.25) is 4.79 Å². The molecule has 224 valence electrons. The van der Waals surface area contributed by atoms with Crippen molar-refractivity contribution in [3.05, 3.63) is 186 Å². The van der Waals surface area contributed by atoms with E-state index in [0.717, 1.165) is 33.4 Å². The number of aliphatic hydroxyl groups is 1. The largest absolute Gasteiger partial charge is 0.378 e. The maximum atomic E-state index is 12.6. The van der Waals surface area contributed by atoms with Crippen molar-refractivity contribution in [3.8, 4) is 11.1 Å². The van der Waals surface area contributed by atoms with Crippen LogP contribution in [0.3, 0.4) is 0 Å². The van der Waals surface area contributed by atoms with Crippen molar-refractivity contribution in [2.24, 2.45) is 5.92 Å². The van der Waals surface area contributed by atoms with Gasteiger partial charge >= 0.3 is 0 Å². The Balaban J connectivity index is 1.53. The van der Waals surface area contributed by atoms with E-state index >= 15 is 0 Å². The predicted molar refractivity (Wildman–Crippen MR) is 180 cm³/mol. The van der Waals surface area contributed by atoms with Gasteiger partial charge in [0.2, 0.25) is 0 Å². The summed E-state index contributed by atoms with van der Waals surface area (Å²) in [5.74, 6) is -0.344. The Hall–Kier alpha value is -5.26. The molecule has 2 N–H and O–H groups in total. The molecular weight excluding hydrogens is 554 g/mol. The Morgan fingerprint density at radius 1 is 0.689 bits per heavy atom. The smallest absolute Gasteiger partial charge is 0.251 e. The third-order valence-electron chi connectivity index (χ3n) is 8.76. The Morgan fingerprint density at radius 2 is 1.18 bits per heavy atom. The van der Waals surface area contributed by atoms with Gasteiger partial charge < -0.3 is 15.0 Å². The molecule has 0 aliphatic heterocycles. The van der Waals surface area contributed by atoms with Crippen LogP contribution < -0.4 is 5.32 Å². The molecule has 1 aromatic heterocycles. The van der Waals surface area contributed by atoms with Crippen LogP contribution in [0.5, 0.6) is 0 Å². The minimum absolute atomic E-state index is 0.143. The first-order chi connectivity index (χ1) is 21.9. The van der Waals surface area contributed by atoms with Gasteiger partial charge in [0.1, 0.15) is 11.1 Å². The normalized spacial score (nSPS) is 12.9. The lowest BCUT2D eigenvalue weighted by Crippen LogP contribution is -2.37. The molecule has 1 unspecified atom stereocenters. The second-order valence-electron chi connectivity index (χ2n) is 11.6. The lowest BCUT2D eigenvalue weighted by atomic mass is 9.76. The van der Waals surface area contributed by atoms with Gasteiger partial charge in [-0.25, -0.2) is 4.98 Å². The van der Waals surface area contributed by atoms with Crippen molar-refractivity contribution in [2.45, 2.75) is 25.0 Å². The Morgan fingerprint density at radius 3 is 1.69 bits per heavy atom. The van der Waals surface area contributed by atoms with Crippen LogP contribution >= 0.6 is 0 Å². The number of imidazole rings is 1. The van der Waals surface area contributed by atoms with Crippen molar-refractivity contribution in [1.29, 1.82) is 0 Å². The van der Waals surface area contributed by atoms with E-state index in [2.05, 4.69) is 82.7 Å². The summed E-state index contributed by atoms with van der Waals surface area (Å²) in [7, 11) is 1.62. The summed E-state index contributed by atoms with van der Waals surface area (Å²) in [4.78, 5) is 17.3. The van der Waals surface area contributed by atoms with E-state index in [1.165, 1.54) is 0 Å². The van der Waals surface area contributed by atoms with Crippen molar-refractivity contribution < 1.29 is 9.90 Å². The second-order valence-corrected chi connectivity index (χ2v) is 11.6. The molecule has 0 radical (unpaired) electrons. The number of benzene rings is 5. The zero-order valence-corrected chi connectivity index (χ0v) is 25.8. The molecule has 1 atom stereocenters. The van der Waals surface area contributed by atoms with Crippen molar-refractivity contribution >= 4 is 5.91 Å². The van der Waals surface area contributed by atoms with Crippen LogP contribution in [0.25, 0.3) is 11.1 Å². The quantitative estimate of drug-likeness (QED) is 0.170. The fourth-order valence-electron chi connectivity index (χ4n) is 6.39. The number of hydrogen-bond donors (Lipinski definition) is 2. The highest BCUT2D eigenvalue weighted by molar-refractivity contribution is 5.95. The molecule has 0 aliphatic carbocycles. The first kappa shape index (κ1) is 29.8. The Kier molecular flexibility index (Phi) is 8.20. The van der Waals surface area contributed by atoms with Crippen molar-refractivity contribution in [2.75, 3.05) is 7.05 Å². The number of carbonyl (C=O) groups is 1.